The summed E-state index contributed by atoms with van der Waals surface area (Å²) in [6, 6.07) is 19.6. The first-order chi connectivity index (χ1) is 16.8. The van der Waals surface area contributed by atoms with Gasteiger partial charge < -0.3 is 14.8 Å². The van der Waals surface area contributed by atoms with Crippen molar-refractivity contribution in [3.05, 3.63) is 83.4 Å². The third-order valence-corrected chi connectivity index (χ3v) is 7.22. The number of para-hydroxylation sites is 2. The highest BCUT2D eigenvalue weighted by Gasteiger charge is 2.30. The zero-order chi connectivity index (χ0) is 25.4. The van der Waals surface area contributed by atoms with Crippen LogP contribution in [0.4, 0.5) is 5.69 Å². The van der Waals surface area contributed by atoms with E-state index in [1.54, 1.807) is 31.2 Å². The summed E-state index contributed by atoms with van der Waals surface area (Å²) in [5.74, 6) is 0.637. The van der Waals surface area contributed by atoms with Crippen molar-refractivity contribution in [3.8, 4) is 11.5 Å². The minimum Gasteiger partial charge on any atom is -0.494 e. The van der Waals surface area contributed by atoms with Crippen LogP contribution in [0.3, 0.4) is 0 Å². The van der Waals surface area contributed by atoms with E-state index in [0.29, 0.717) is 24.0 Å². The van der Waals surface area contributed by atoms with Gasteiger partial charge in [-0.1, -0.05) is 35.9 Å². The van der Waals surface area contributed by atoms with Crippen LogP contribution in [0.25, 0.3) is 0 Å². The second-order valence-corrected chi connectivity index (χ2v) is 9.96. The Morgan fingerprint density at radius 3 is 2.20 bits per heavy atom. The van der Waals surface area contributed by atoms with Crippen LogP contribution in [0, 0.1) is 0 Å². The number of ether oxygens (including phenoxy) is 2. The molecule has 3 aromatic carbocycles. The molecule has 0 bridgehead atoms. The lowest BCUT2D eigenvalue weighted by Crippen LogP contribution is -2.41. The molecule has 1 atom stereocenters. The average Bonchev–Trinajstić information content (AvgIpc) is 2.84. The van der Waals surface area contributed by atoms with Gasteiger partial charge in [-0.15, -0.1) is 0 Å². The molecule has 0 aliphatic heterocycles. The van der Waals surface area contributed by atoms with Gasteiger partial charge in [0.25, 0.3) is 10.0 Å². The van der Waals surface area contributed by atoms with Crippen LogP contribution in [0.2, 0.25) is 5.02 Å². The van der Waals surface area contributed by atoms with Gasteiger partial charge in [-0.25, -0.2) is 8.42 Å². The standard InChI is InChI=1S/C26H29ClN2O5S/c1-4-33-22-14-10-20(11-15-22)19(3)28-26(30)18-29(24-8-6-7-9-25(24)34-5-2)35(31,32)23-16-12-21(27)13-17-23/h6-17,19H,4-5,18H2,1-3H3,(H,28,30)/t19-/m0/s1. The molecule has 0 aliphatic carbocycles. The van der Waals surface area contributed by atoms with Crippen molar-refractivity contribution in [1.82, 2.24) is 5.32 Å². The van der Waals surface area contributed by atoms with E-state index in [-0.39, 0.29) is 16.6 Å². The molecular formula is C26H29ClN2O5S. The summed E-state index contributed by atoms with van der Waals surface area (Å²) < 4.78 is 39.4. The van der Waals surface area contributed by atoms with E-state index in [9.17, 15) is 13.2 Å². The fourth-order valence-corrected chi connectivity index (χ4v) is 5.05. The summed E-state index contributed by atoms with van der Waals surface area (Å²) in [6.45, 7) is 6.01. The summed E-state index contributed by atoms with van der Waals surface area (Å²) >= 11 is 5.95. The van der Waals surface area contributed by atoms with E-state index in [0.717, 1.165) is 15.6 Å². The molecule has 0 saturated carbocycles. The Morgan fingerprint density at radius 2 is 1.57 bits per heavy atom. The summed E-state index contributed by atoms with van der Waals surface area (Å²) in [6.07, 6.45) is 0. The zero-order valence-corrected chi connectivity index (χ0v) is 21.5. The molecule has 0 fully saturated rings. The number of carbonyl (C=O) groups excluding carboxylic acids is 1. The maximum Gasteiger partial charge on any atom is 0.264 e. The summed E-state index contributed by atoms with van der Waals surface area (Å²) in [5, 5.41) is 3.29. The van der Waals surface area contributed by atoms with Crippen LogP contribution in [0.5, 0.6) is 11.5 Å². The molecule has 186 valence electrons. The Kier molecular flexibility index (Phi) is 9.01. The summed E-state index contributed by atoms with van der Waals surface area (Å²) in [4.78, 5) is 13.1. The normalized spacial score (nSPS) is 12.0. The molecule has 3 aromatic rings. The Bertz CT molecular complexity index is 1230. The third-order valence-electron chi connectivity index (χ3n) is 5.19. The fraction of sp³-hybridized carbons (Fsp3) is 0.269. The molecule has 0 aliphatic rings. The van der Waals surface area contributed by atoms with Gasteiger partial charge in [0.1, 0.15) is 18.0 Å². The van der Waals surface area contributed by atoms with Crippen molar-refractivity contribution < 1.29 is 22.7 Å². The Balaban J connectivity index is 1.89. The molecule has 7 nitrogen and oxygen atoms in total. The lowest BCUT2D eigenvalue weighted by Gasteiger charge is -2.26. The molecule has 0 radical (unpaired) electrons. The minimum absolute atomic E-state index is 0.0144. The molecular weight excluding hydrogens is 488 g/mol. The summed E-state index contributed by atoms with van der Waals surface area (Å²) in [5.41, 5.74) is 1.14. The maximum atomic E-state index is 13.6. The topological polar surface area (TPSA) is 84.9 Å². The highest BCUT2D eigenvalue weighted by atomic mass is 35.5. The monoisotopic (exact) mass is 516 g/mol. The lowest BCUT2D eigenvalue weighted by atomic mass is 10.1. The van der Waals surface area contributed by atoms with Gasteiger partial charge in [0.15, 0.2) is 0 Å². The highest BCUT2D eigenvalue weighted by molar-refractivity contribution is 7.92. The zero-order valence-electron chi connectivity index (χ0n) is 19.9. The van der Waals surface area contributed by atoms with Crippen molar-refractivity contribution in [2.45, 2.75) is 31.7 Å². The first-order valence-corrected chi connectivity index (χ1v) is 13.1. The third kappa shape index (κ3) is 6.68. The Morgan fingerprint density at radius 1 is 0.943 bits per heavy atom. The quantitative estimate of drug-likeness (QED) is 0.378. The number of amides is 1. The van der Waals surface area contributed by atoms with Crippen LogP contribution >= 0.6 is 11.6 Å². The first-order valence-electron chi connectivity index (χ1n) is 11.3. The Labute approximate surface area is 211 Å². The molecule has 3 rings (SSSR count). The van der Waals surface area contributed by atoms with Crippen LogP contribution in [-0.2, 0) is 14.8 Å². The lowest BCUT2D eigenvalue weighted by molar-refractivity contribution is -0.120. The first kappa shape index (κ1) is 26.4. The van der Waals surface area contributed by atoms with Gasteiger partial charge in [0.05, 0.1) is 29.8 Å². The van der Waals surface area contributed by atoms with Gasteiger partial charge in [-0.05, 0) is 74.9 Å². The largest absolute Gasteiger partial charge is 0.494 e. The number of anilines is 1. The maximum absolute atomic E-state index is 13.6. The smallest absolute Gasteiger partial charge is 0.264 e. The van der Waals surface area contributed by atoms with E-state index in [4.69, 9.17) is 21.1 Å². The van der Waals surface area contributed by atoms with Gasteiger partial charge in [0, 0.05) is 5.02 Å². The number of hydrogen-bond donors (Lipinski definition) is 1. The van der Waals surface area contributed by atoms with Crippen LogP contribution in [0.15, 0.2) is 77.7 Å². The van der Waals surface area contributed by atoms with Crippen molar-refractivity contribution in [3.63, 3.8) is 0 Å². The number of rotatable bonds is 11. The number of carbonyl (C=O) groups is 1. The van der Waals surface area contributed by atoms with Crippen molar-refractivity contribution in [2.24, 2.45) is 0 Å². The highest BCUT2D eigenvalue weighted by Crippen LogP contribution is 2.33. The van der Waals surface area contributed by atoms with E-state index in [1.165, 1.54) is 24.3 Å². The fourth-order valence-electron chi connectivity index (χ4n) is 3.49. The molecule has 0 unspecified atom stereocenters. The molecule has 1 amide bonds. The van der Waals surface area contributed by atoms with E-state index >= 15 is 0 Å². The van der Waals surface area contributed by atoms with Gasteiger partial charge in [-0.3, -0.25) is 9.10 Å². The van der Waals surface area contributed by atoms with Crippen LogP contribution < -0.4 is 19.1 Å². The van der Waals surface area contributed by atoms with Crippen molar-refractivity contribution in [2.75, 3.05) is 24.1 Å². The average molecular weight is 517 g/mol. The molecule has 35 heavy (non-hydrogen) atoms. The number of hydrogen-bond acceptors (Lipinski definition) is 5. The molecule has 0 aromatic heterocycles. The van der Waals surface area contributed by atoms with Crippen molar-refractivity contribution >= 4 is 33.2 Å². The Hall–Kier alpha value is -3.23. The number of halogens is 1. The molecule has 0 heterocycles. The van der Waals surface area contributed by atoms with E-state index < -0.39 is 22.5 Å². The van der Waals surface area contributed by atoms with Gasteiger partial charge in [0.2, 0.25) is 5.91 Å². The SMILES string of the molecule is CCOc1ccc([C@H](C)NC(=O)CN(c2ccccc2OCC)S(=O)(=O)c2ccc(Cl)cc2)cc1. The number of sulfonamides is 1. The van der Waals surface area contributed by atoms with Crippen molar-refractivity contribution in [1.29, 1.82) is 0 Å². The van der Waals surface area contributed by atoms with E-state index in [1.807, 2.05) is 38.1 Å². The van der Waals surface area contributed by atoms with Crippen LogP contribution in [-0.4, -0.2) is 34.1 Å². The second-order valence-electron chi connectivity index (χ2n) is 7.66. The number of benzene rings is 3. The summed E-state index contributed by atoms with van der Waals surface area (Å²) in [7, 11) is -4.10. The predicted molar refractivity (Wildman–Crippen MR) is 138 cm³/mol. The minimum atomic E-state index is -4.10. The molecule has 0 saturated heterocycles. The molecule has 1 N–H and O–H groups in total. The molecule has 0 spiro atoms. The number of nitrogens with zero attached hydrogens (tertiary/aromatic N) is 1. The van der Waals surface area contributed by atoms with Crippen LogP contribution in [0.1, 0.15) is 32.4 Å². The second kappa shape index (κ2) is 12.0. The van der Waals surface area contributed by atoms with Gasteiger partial charge in [-0.2, -0.15) is 0 Å². The van der Waals surface area contributed by atoms with E-state index in [2.05, 4.69) is 5.32 Å². The predicted octanol–water partition coefficient (Wildman–Crippen LogP) is 5.21. The van der Waals surface area contributed by atoms with Gasteiger partial charge >= 0.3 is 0 Å². The molecule has 9 heteroatoms. The number of nitrogens with one attached hydrogen (secondary N) is 1.